The number of rotatable bonds is 3. The second kappa shape index (κ2) is 6.29. The Morgan fingerprint density at radius 3 is 2.63 bits per heavy atom. The number of hydrogen-bond donors (Lipinski definition) is 4. The summed E-state index contributed by atoms with van der Waals surface area (Å²) in [4.78, 5) is 26.8. The first-order valence-corrected chi connectivity index (χ1v) is 9.28. The number of pyridine rings is 1. The zero-order valence-corrected chi connectivity index (χ0v) is 15.3. The molecule has 0 bridgehead atoms. The SMILES string of the molecule is CCn1c2s[nH]c(=O)c2c(=O)c2c(NN)c(F)c(N3CCC(N)C3)c(F)c21. The van der Waals surface area contributed by atoms with Gasteiger partial charge in [-0.3, -0.25) is 19.8 Å². The highest BCUT2D eigenvalue weighted by molar-refractivity contribution is 7.12. The van der Waals surface area contributed by atoms with Crippen LogP contribution in [-0.2, 0) is 6.54 Å². The third kappa shape index (κ3) is 2.38. The number of nitrogens with zero attached hydrogens (tertiary/aromatic N) is 2. The Labute approximate surface area is 155 Å². The second-order valence-electron chi connectivity index (χ2n) is 6.50. The van der Waals surface area contributed by atoms with Crippen molar-refractivity contribution in [1.29, 1.82) is 0 Å². The van der Waals surface area contributed by atoms with Crippen molar-refractivity contribution in [3.63, 3.8) is 0 Å². The Morgan fingerprint density at radius 2 is 2.04 bits per heavy atom. The molecule has 3 heterocycles. The molecule has 1 fully saturated rings. The van der Waals surface area contributed by atoms with Gasteiger partial charge in [0.1, 0.15) is 21.6 Å². The fourth-order valence-electron chi connectivity index (χ4n) is 3.76. The van der Waals surface area contributed by atoms with Gasteiger partial charge in [0.15, 0.2) is 11.6 Å². The molecular weight excluding hydrogens is 378 g/mol. The molecule has 8 nitrogen and oxygen atoms in total. The van der Waals surface area contributed by atoms with E-state index in [0.717, 1.165) is 11.5 Å². The van der Waals surface area contributed by atoms with Gasteiger partial charge in [0.25, 0.3) is 5.56 Å². The smallest absolute Gasteiger partial charge is 0.271 e. The number of H-pyrrole nitrogens is 1. The zero-order valence-electron chi connectivity index (χ0n) is 14.4. The number of halogens is 2. The molecule has 1 atom stereocenters. The monoisotopic (exact) mass is 396 g/mol. The summed E-state index contributed by atoms with van der Waals surface area (Å²) in [7, 11) is 0. The minimum atomic E-state index is -0.970. The van der Waals surface area contributed by atoms with Crippen molar-refractivity contribution >= 4 is 44.0 Å². The first-order chi connectivity index (χ1) is 12.9. The number of aromatic amines is 1. The van der Waals surface area contributed by atoms with Gasteiger partial charge in [0, 0.05) is 25.7 Å². The van der Waals surface area contributed by atoms with Crippen molar-refractivity contribution in [2.75, 3.05) is 23.4 Å². The van der Waals surface area contributed by atoms with E-state index in [0.29, 0.717) is 24.3 Å². The van der Waals surface area contributed by atoms with Gasteiger partial charge in [0.2, 0.25) is 5.43 Å². The van der Waals surface area contributed by atoms with Crippen molar-refractivity contribution in [3.8, 4) is 0 Å². The summed E-state index contributed by atoms with van der Waals surface area (Å²) in [5, 5.41) is -0.418. The van der Waals surface area contributed by atoms with Gasteiger partial charge in [-0.1, -0.05) is 0 Å². The summed E-state index contributed by atoms with van der Waals surface area (Å²) >= 11 is 0.939. The fourth-order valence-corrected chi connectivity index (χ4v) is 4.66. The van der Waals surface area contributed by atoms with E-state index in [4.69, 9.17) is 11.6 Å². The lowest BCUT2D eigenvalue weighted by atomic mass is 10.1. The largest absolute Gasteiger partial charge is 0.365 e. The number of nitrogens with two attached hydrogens (primary N) is 2. The van der Waals surface area contributed by atoms with E-state index in [1.54, 1.807) is 6.92 Å². The van der Waals surface area contributed by atoms with Crippen LogP contribution in [0.4, 0.5) is 20.2 Å². The average Bonchev–Trinajstić information content (AvgIpc) is 3.23. The van der Waals surface area contributed by atoms with E-state index in [1.165, 1.54) is 9.47 Å². The lowest BCUT2D eigenvalue weighted by molar-refractivity contribution is 0.581. The number of aromatic nitrogens is 2. The van der Waals surface area contributed by atoms with Crippen LogP contribution in [0.2, 0.25) is 0 Å². The average molecular weight is 396 g/mol. The third-order valence-corrected chi connectivity index (χ3v) is 5.89. The van der Waals surface area contributed by atoms with Gasteiger partial charge in [-0.25, -0.2) is 8.78 Å². The molecule has 0 spiro atoms. The number of benzene rings is 1. The highest BCUT2D eigenvalue weighted by Crippen LogP contribution is 2.38. The predicted octanol–water partition coefficient (Wildman–Crippen LogP) is 1.03. The van der Waals surface area contributed by atoms with E-state index in [-0.39, 0.29) is 40.3 Å². The molecule has 1 aliphatic rings. The summed E-state index contributed by atoms with van der Waals surface area (Å²) < 4.78 is 34.7. The molecule has 0 radical (unpaired) electrons. The van der Waals surface area contributed by atoms with Gasteiger partial charge in [0.05, 0.1) is 10.9 Å². The highest BCUT2D eigenvalue weighted by atomic mass is 32.1. The molecule has 1 aromatic carbocycles. The van der Waals surface area contributed by atoms with Gasteiger partial charge in [-0.15, -0.1) is 0 Å². The summed E-state index contributed by atoms with van der Waals surface area (Å²) in [6.07, 6.45) is 0.599. The number of nitrogen functional groups attached to an aromatic ring is 1. The van der Waals surface area contributed by atoms with Crippen LogP contribution in [0.3, 0.4) is 0 Å². The molecule has 0 amide bonds. The van der Waals surface area contributed by atoms with Crippen molar-refractivity contribution in [1.82, 2.24) is 8.94 Å². The number of hydrogen-bond acceptors (Lipinski definition) is 7. The normalized spacial score (nSPS) is 17.4. The van der Waals surface area contributed by atoms with E-state index < -0.39 is 22.6 Å². The van der Waals surface area contributed by atoms with Gasteiger partial charge < -0.3 is 20.6 Å². The van der Waals surface area contributed by atoms with Gasteiger partial charge in [-0.05, 0) is 24.9 Å². The van der Waals surface area contributed by atoms with E-state index in [2.05, 4.69) is 9.80 Å². The first-order valence-electron chi connectivity index (χ1n) is 8.46. The molecular formula is C16H18F2N6O2S. The van der Waals surface area contributed by atoms with Crippen molar-refractivity contribution in [3.05, 3.63) is 32.2 Å². The van der Waals surface area contributed by atoms with Crippen LogP contribution in [0.1, 0.15) is 13.3 Å². The topological polar surface area (TPSA) is 122 Å². The zero-order chi connectivity index (χ0) is 19.5. The van der Waals surface area contributed by atoms with Crippen LogP contribution in [0.15, 0.2) is 9.59 Å². The Morgan fingerprint density at radius 1 is 1.30 bits per heavy atom. The van der Waals surface area contributed by atoms with E-state index in [9.17, 15) is 9.59 Å². The molecule has 6 N–H and O–H groups in total. The maximum atomic E-state index is 15.6. The lowest BCUT2D eigenvalue weighted by Crippen LogP contribution is -2.29. The Bertz CT molecular complexity index is 1180. The molecule has 4 rings (SSSR count). The van der Waals surface area contributed by atoms with Crippen LogP contribution in [0.25, 0.3) is 21.1 Å². The summed E-state index contributed by atoms with van der Waals surface area (Å²) in [5.41, 5.74) is 6.02. The Kier molecular flexibility index (Phi) is 4.17. The third-order valence-electron chi connectivity index (χ3n) is 4.98. The predicted molar refractivity (Wildman–Crippen MR) is 102 cm³/mol. The lowest BCUT2D eigenvalue weighted by Gasteiger charge is -2.23. The van der Waals surface area contributed by atoms with Gasteiger partial charge >= 0.3 is 0 Å². The van der Waals surface area contributed by atoms with Crippen LogP contribution >= 0.6 is 11.5 Å². The minimum Gasteiger partial charge on any atom is -0.365 e. The number of hydrazine groups is 1. The maximum Gasteiger partial charge on any atom is 0.271 e. The Balaban J connectivity index is 2.23. The van der Waals surface area contributed by atoms with Crippen molar-refractivity contribution in [2.24, 2.45) is 11.6 Å². The molecule has 0 saturated carbocycles. The summed E-state index contributed by atoms with van der Waals surface area (Å²) in [6.45, 7) is 2.70. The molecule has 2 aromatic heterocycles. The molecule has 0 aliphatic carbocycles. The number of fused-ring (bicyclic) bond motifs is 2. The second-order valence-corrected chi connectivity index (χ2v) is 7.30. The first kappa shape index (κ1) is 17.9. The Hall–Kier alpha value is -2.50. The van der Waals surface area contributed by atoms with E-state index >= 15 is 8.78 Å². The molecule has 3 aromatic rings. The summed E-state index contributed by atoms with van der Waals surface area (Å²) in [6, 6.07) is -0.195. The molecule has 1 unspecified atom stereocenters. The molecule has 1 aliphatic heterocycles. The van der Waals surface area contributed by atoms with Crippen molar-refractivity contribution < 1.29 is 8.78 Å². The molecule has 11 heteroatoms. The van der Waals surface area contributed by atoms with Crippen LogP contribution < -0.4 is 32.9 Å². The molecule has 1 saturated heterocycles. The fraction of sp³-hybridized carbons (Fsp3) is 0.375. The van der Waals surface area contributed by atoms with Crippen LogP contribution in [-0.4, -0.2) is 28.1 Å². The highest BCUT2D eigenvalue weighted by Gasteiger charge is 2.31. The minimum absolute atomic E-state index is 0.0879. The van der Waals surface area contributed by atoms with Crippen molar-refractivity contribution in [2.45, 2.75) is 25.9 Å². The van der Waals surface area contributed by atoms with E-state index in [1.807, 2.05) is 0 Å². The van der Waals surface area contributed by atoms with Crippen LogP contribution in [0.5, 0.6) is 0 Å². The molecule has 144 valence electrons. The van der Waals surface area contributed by atoms with Gasteiger partial charge in [-0.2, -0.15) is 0 Å². The number of nitrogens with one attached hydrogen (secondary N) is 2. The maximum absolute atomic E-state index is 15.6. The summed E-state index contributed by atoms with van der Waals surface area (Å²) in [5.74, 6) is 3.66. The molecule has 27 heavy (non-hydrogen) atoms. The van der Waals surface area contributed by atoms with Crippen LogP contribution in [0, 0.1) is 11.6 Å². The number of anilines is 2. The quantitative estimate of drug-likeness (QED) is 0.387. The number of aryl methyl sites for hydroxylation is 1. The standard InChI is InChI=1S/C16H18F2N6O2S/c1-2-24-12-7(14(25)8-15(26)22-27-16(8)24)11(21-20)9(17)13(10(12)18)23-4-3-6(19)5-23/h6,21H,2-5,19-20H2,1H3,(H,22,26).